The Hall–Kier alpha value is -1.82. The third-order valence-corrected chi connectivity index (χ3v) is 3.06. The molecule has 104 valence electrons. The highest BCUT2D eigenvalue weighted by atomic mass is 35.5. The summed E-state index contributed by atoms with van der Waals surface area (Å²) >= 11 is 5.82. The highest BCUT2D eigenvalue weighted by Gasteiger charge is 2.21. The van der Waals surface area contributed by atoms with E-state index in [0.29, 0.717) is 6.54 Å². The first kappa shape index (κ1) is 15.2. The Labute approximate surface area is 116 Å². The van der Waals surface area contributed by atoms with Gasteiger partial charge in [-0.05, 0) is 6.42 Å². The maximum absolute atomic E-state index is 12.2. The number of amides is 1. The van der Waals surface area contributed by atoms with E-state index in [2.05, 4.69) is 0 Å². The second kappa shape index (κ2) is 6.38. The van der Waals surface area contributed by atoms with Gasteiger partial charge in [0.25, 0.3) is 11.6 Å². The Bertz CT molecular complexity index is 505. The van der Waals surface area contributed by atoms with Crippen LogP contribution >= 0.6 is 11.6 Å². The normalized spacial score (nSPS) is 10.3. The monoisotopic (exact) mass is 285 g/mol. The predicted molar refractivity (Wildman–Crippen MR) is 74.4 cm³/mol. The summed E-state index contributed by atoms with van der Waals surface area (Å²) in [5.74, 6) is -0.364. The first-order valence-corrected chi connectivity index (χ1v) is 6.25. The number of nitrogen functional groups attached to an aromatic ring is 1. The van der Waals surface area contributed by atoms with Crippen LogP contribution in [0.4, 0.5) is 11.4 Å². The van der Waals surface area contributed by atoms with E-state index in [9.17, 15) is 14.9 Å². The predicted octanol–water partition coefficient (Wildman–Crippen LogP) is 2.70. The van der Waals surface area contributed by atoms with Crippen molar-refractivity contribution >= 4 is 28.9 Å². The molecule has 1 rings (SSSR count). The quantitative estimate of drug-likeness (QED) is 0.512. The molecule has 2 N–H and O–H groups in total. The number of non-ortho nitro benzene ring substituents is 1. The summed E-state index contributed by atoms with van der Waals surface area (Å²) in [4.78, 5) is 23.8. The molecule has 1 aromatic carbocycles. The number of nitro benzene ring substituents is 1. The average Bonchev–Trinajstić information content (AvgIpc) is 2.37. The summed E-state index contributed by atoms with van der Waals surface area (Å²) in [5.41, 5.74) is 5.61. The summed E-state index contributed by atoms with van der Waals surface area (Å²) in [7, 11) is 1.63. The number of nitrogens with two attached hydrogens (primary N) is 1. The number of halogens is 1. The van der Waals surface area contributed by atoms with Crippen LogP contribution in [-0.4, -0.2) is 29.3 Å². The standard InChI is InChI=1S/C12H16ClN3O3/c1-3-4-5-15(2)12(17)9-6-8(16(18)19)7-10(13)11(9)14/h6-7H,3-5,14H2,1-2H3. The number of hydrogen-bond acceptors (Lipinski definition) is 4. The van der Waals surface area contributed by atoms with Gasteiger partial charge in [-0.2, -0.15) is 0 Å². The first-order chi connectivity index (χ1) is 8.88. The number of nitrogens with zero attached hydrogens (tertiary/aromatic N) is 2. The average molecular weight is 286 g/mol. The Morgan fingerprint density at radius 3 is 2.68 bits per heavy atom. The van der Waals surface area contributed by atoms with Gasteiger partial charge in [-0.1, -0.05) is 24.9 Å². The topological polar surface area (TPSA) is 89.5 Å². The van der Waals surface area contributed by atoms with Crippen LogP contribution in [0.25, 0.3) is 0 Å². The number of benzene rings is 1. The van der Waals surface area contributed by atoms with E-state index in [0.717, 1.165) is 25.0 Å². The van der Waals surface area contributed by atoms with Gasteiger partial charge in [0, 0.05) is 25.7 Å². The maximum atomic E-state index is 12.2. The summed E-state index contributed by atoms with van der Waals surface area (Å²) < 4.78 is 0. The van der Waals surface area contributed by atoms with Crippen molar-refractivity contribution in [2.24, 2.45) is 0 Å². The van der Waals surface area contributed by atoms with Crippen molar-refractivity contribution in [3.63, 3.8) is 0 Å². The van der Waals surface area contributed by atoms with Crippen molar-refractivity contribution in [2.75, 3.05) is 19.3 Å². The molecular formula is C12H16ClN3O3. The van der Waals surface area contributed by atoms with Crippen LogP contribution in [0.1, 0.15) is 30.1 Å². The third kappa shape index (κ3) is 3.57. The Morgan fingerprint density at radius 2 is 2.16 bits per heavy atom. The zero-order chi connectivity index (χ0) is 14.6. The molecule has 0 radical (unpaired) electrons. The molecule has 0 saturated carbocycles. The number of nitro groups is 1. The van der Waals surface area contributed by atoms with Crippen LogP contribution < -0.4 is 5.73 Å². The zero-order valence-corrected chi connectivity index (χ0v) is 11.6. The molecule has 6 nitrogen and oxygen atoms in total. The van der Waals surface area contributed by atoms with Gasteiger partial charge in [0.2, 0.25) is 0 Å². The van der Waals surface area contributed by atoms with Crippen LogP contribution in [0, 0.1) is 10.1 Å². The fourth-order valence-corrected chi connectivity index (χ4v) is 1.80. The Morgan fingerprint density at radius 1 is 1.53 bits per heavy atom. The van der Waals surface area contributed by atoms with E-state index in [-0.39, 0.29) is 27.9 Å². The Balaban J connectivity index is 3.11. The number of unbranched alkanes of at least 4 members (excludes halogenated alkanes) is 1. The summed E-state index contributed by atoms with van der Waals surface area (Å²) in [6, 6.07) is 2.30. The van der Waals surface area contributed by atoms with Crippen LogP contribution in [0.2, 0.25) is 5.02 Å². The second-order valence-corrected chi connectivity index (χ2v) is 4.63. The van der Waals surface area contributed by atoms with Gasteiger partial charge >= 0.3 is 0 Å². The summed E-state index contributed by atoms with van der Waals surface area (Å²) in [6.45, 7) is 2.58. The van der Waals surface area contributed by atoms with Crippen molar-refractivity contribution in [3.05, 3.63) is 32.8 Å². The molecule has 0 aliphatic rings. The van der Waals surface area contributed by atoms with Crippen molar-refractivity contribution in [3.8, 4) is 0 Å². The molecule has 7 heteroatoms. The zero-order valence-electron chi connectivity index (χ0n) is 10.9. The van der Waals surface area contributed by atoms with Gasteiger partial charge in [-0.3, -0.25) is 14.9 Å². The molecule has 0 aromatic heterocycles. The Kier molecular flexibility index (Phi) is 5.11. The van der Waals surface area contributed by atoms with Gasteiger partial charge in [0.05, 0.1) is 21.2 Å². The van der Waals surface area contributed by atoms with E-state index in [1.165, 1.54) is 4.90 Å². The molecule has 0 fully saturated rings. The van der Waals surface area contributed by atoms with E-state index in [1.54, 1.807) is 7.05 Å². The number of rotatable bonds is 5. The molecule has 0 atom stereocenters. The molecule has 1 aromatic rings. The molecule has 0 bridgehead atoms. The molecule has 0 spiro atoms. The van der Waals surface area contributed by atoms with Crippen LogP contribution in [-0.2, 0) is 0 Å². The summed E-state index contributed by atoms with van der Waals surface area (Å²) in [5, 5.41) is 10.8. The lowest BCUT2D eigenvalue weighted by Crippen LogP contribution is -2.28. The fraction of sp³-hybridized carbons (Fsp3) is 0.417. The highest BCUT2D eigenvalue weighted by molar-refractivity contribution is 6.34. The molecule has 1 amide bonds. The molecule has 0 unspecified atom stereocenters. The van der Waals surface area contributed by atoms with Crippen molar-refractivity contribution in [2.45, 2.75) is 19.8 Å². The lowest BCUT2D eigenvalue weighted by Gasteiger charge is -2.18. The lowest BCUT2D eigenvalue weighted by molar-refractivity contribution is -0.384. The number of carbonyl (C=O) groups is 1. The van der Waals surface area contributed by atoms with E-state index < -0.39 is 4.92 Å². The number of anilines is 1. The fourth-order valence-electron chi connectivity index (χ4n) is 1.59. The maximum Gasteiger partial charge on any atom is 0.271 e. The van der Waals surface area contributed by atoms with E-state index >= 15 is 0 Å². The van der Waals surface area contributed by atoms with Crippen LogP contribution in [0.15, 0.2) is 12.1 Å². The minimum Gasteiger partial charge on any atom is -0.397 e. The molecule has 0 saturated heterocycles. The molecular weight excluding hydrogens is 270 g/mol. The molecule has 0 aliphatic carbocycles. The van der Waals surface area contributed by atoms with E-state index in [1.807, 2.05) is 6.92 Å². The SMILES string of the molecule is CCCCN(C)C(=O)c1cc([N+](=O)[O-])cc(Cl)c1N. The van der Waals surface area contributed by atoms with Gasteiger partial charge < -0.3 is 10.6 Å². The molecule has 0 heterocycles. The minimum absolute atomic E-state index is 0.0152. The first-order valence-electron chi connectivity index (χ1n) is 5.87. The van der Waals surface area contributed by atoms with Crippen LogP contribution in [0.3, 0.4) is 0 Å². The number of carbonyl (C=O) groups excluding carboxylic acids is 1. The van der Waals surface area contributed by atoms with Gasteiger partial charge in [0.1, 0.15) is 0 Å². The number of hydrogen-bond donors (Lipinski definition) is 1. The molecule has 0 aliphatic heterocycles. The smallest absolute Gasteiger partial charge is 0.271 e. The van der Waals surface area contributed by atoms with Gasteiger partial charge in [0.15, 0.2) is 0 Å². The minimum atomic E-state index is -0.603. The van der Waals surface area contributed by atoms with Crippen molar-refractivity contribution in [1.29, 1.82) is 0 Å². The van der Waals surface area contributed by atoms with Crippen molar-refractivity contribution in [1.82, 2.24) is 4.90 Å². The summed E-state index contributed by atoms with van der Waals surface area (Å²) in [6.07, 6.45) is 1.80. The van der Waals surface area contributed by atoms with E-state index in [4.69, 9.17) is 17.3 Å². The van der Waals surface area contributed by atoms with Crippen molar-refractivity contribution < 1.29 is 9.72 Å². The van der Waals surface area contributed by atoms with Crippen LogP contribution in [0.5, 0.6) is 0 Å². The lowest BCUT2D eigenvalue weighted by atomic mass is 10.1. The second-order valence-electron chi connectivity index (χ2n) is 4.23. The third-order valence-electron chi connectivity index (χ3n) is 2.75. The molecule has 19 heavy (non-hydrogen) atoms. The van der Waals surface area contributed by atoms with Gasteiger partial charge in [-0.25, -0.2) is 0 Å². The van der Waals surface area contributed by atoms with Gasteiger partial charge in [-0.15, -0.1) is 0 Å². The highest BCUT2D eigenvalue weighted by Crippen LogP contribution is 2.29. The largest absolute Gasteiger partial charge is 0.397 e.